The number of carbonyl (C=O) groups is 1. The van der Waals surface area contributed by atoms with E-state index in [1.807, 2.05) is 0 Å². The second-order valence-electron chi connectivity index (χ2n) is 4.70. The van der Waals surface area contributed by atoms with Gasteiger partial charge in [-0.05, 0) is 38.0 Å². The zero-order chi connectivity index (χ0) is 10.6. The average molecular weight is 194 g/mol. The summed E-state index contributed by atoms with van der Waals surface area (Å²) in [6, 6.07) is 0. The Labute approximate surface area is 87.6 Å². The summed E-state index contributed by atoms with van der Waals surface area (Å²) in [4.78, 5) is 10.9. The van der Waals surface area contributed by atoms with Gasteiger partial charge in [-0.15, -0.1) is 0 Å². The van der Waals surface area contributed by atoms with E-state index in [-0.39, 0.29) is 0 Å². The fourth-order valence-electron chi connectivity index (χ4n) is 2.30. The Morgan fingerprint density at radius 1 is 1.43 bits per heavy atom. The average Bonchev–Trinajstić information content (AvgIpc) is 2.65. The minimum absolute atomic E-state index is 0.302. The molecule has 0 aliphatic heterocycles. The van der Waals surface area contributed by atoms with Gasteiger partial charge in [-0.1, -0.05) is 31.9 Å². The largest absolute Gasteiger partial charge is 0.300 e. The van der Waals surface area contributed by atoms with Crippen LogP contribution in [0.3, 0.4) is 0 Å². The van der Waals surface area contributed by atoms with Crippen molar-refractivity contribution in [3.63, 3.8) is 0 Å². The van der Waals surface area contributed by atoms with Gasteiger partial charge < -0.3 is 4.79 Å². The summed E-state index contributed by atoms with van der Waals surface area (Å²) in [6.07, 6.45) is 7.08. The van der Waals surface area contributed by atoms with Gasteiger partial charge in [-0.25, -0.2) is 0 Å². The molecule has 1 aliphatic rings. The molecule has 1 aliphatic carbocycles. The van der Waals surface area contributed by atoms with Crippen molar-refractivity contribution in [2.24, 2.45) is 11.8 Å². The minimum atomic E-state index is 0.302. The Bertz CT molecular complexity index is 211. The second-order valence-corrected chi connectivity index (χ2v) is 4.70. The molecule has 0 aromatic heterocycles. The molecule has 0 amide bonds. The van der Waals surface area contributed by atoms with Crippen LogP contribution in [0.5, 0.6) is 0 Å². The fourth-order valence-corrected chi connectivity index (χ4v) is 2.30. The maximum absolute atomic E-state index is 10.9. The molecule has 1 saturated carbocycles. The van der Waals surface area contributed by atoms with Crippen molar-refractivity contribution >= 4 is 5.78 Å². The monoisotopic (exact) mass is 194 g/mol. The molecule has 0 aromatic carbocycles. The molecule has 0 bridgehead atoms. The number of ketones is 1. The van der Waals surface area contributed by atoms with Crippen LogP contribution in [0.4, 0.5) is 0 Å². The lowest BCUT2D eigenvalue weighted by atomic mass is 9.86. The van der Waals surface area contributed by atoms with Gasteiger partial charge in [0, 0.05) is 6.42 Å². The molecule has 1 heteroatoms. The number of rotatable bonds is 5. The van der Waals surface area contributed by atoms with Crippen molar-refractivity contribution in [3.05, 3.63) is 12.2 Å². The highest BCUT2D eigenvalue weighted by Crippen LogP contribution is 2.34. The molecule has 0 heterocycles. The summed E-state index contributed by atoms with van der Waals surface area (Å²) in [5.41, 5.74) is 1.39. The van der Waals surface area contributed by atoms with Crippen LogP contribution in [0.1, 0.15) is 52.4 Å². The van der Waals surface area contributed by atoms with Crippen LogP contribution in [-0.4, -0.2) is 5.78 Å². The van der Waals surface area contributed by atoms with Crippen molar-refractivity contribution in [2.75, 3.05) is 0 Å². The number of allylic oxidation sites excluding steroid dienone is 1. The summed E-state index contributed by atoms with van der Waals surface area (Å²) in [5.74, 6) is 1.58. The predicted octanol–water partition coefficient (Wildman–Crippen LogP) is 3.74. The third-order valence-electron chi connectivity index (χ3n) is 3.44. The summed E-state index contributed by atoms with van der Waals surface area (Å²) in [6.45, 7) is 8.09. The van der Waals surface area contributed by atoms with E-state index in [2.05, 4.69) is 13.5 Å². The molecule has 0 aromatic rings. The van der Waals surface area contributed by atoms with Gasteiger partial charge in [0.05, 0.1) is 0 Å². The first-order valence-electron chi connectivity index (χ1n) is 5.79. The summed E-state index contributed by atoms with van der Waals surface area (Å²) in [7, 11) is 0. The first kappa shape index (κ1) is 11.5. The van der Waals surface area contributed by atoms with E-state index < -0.39 is 0 Å². The zero-order valence-corrected chi connectivity index (χ0v) is 9.51. The maximum atomic E-state index is 10.9. The third-order valence-corrected chi connectivity index (χ3v) is 3.44. The van der Waals surface area contributed by atoms with Crippen LogP contribution in [-0.2, 0) is 4.79 Å². The fraction of sp³-hybridized carbons (Fsp3) is 0.769. The quantitative estimate of drug-likeness (QED) is 0.609. The van der Waals surface area contributed by atoms with E-state index in [0.29, 0.717) is 18.1 Å². The van der Waals surface area contributed by atoms with Crippen molar-refractivity contribution in [1.82, 2.24) is 0 Å². The lowest BCUT2D eigenvalue weighted by molar-refractivity contribution is -0.117. The highest BCUT2D eigenvalue weighted by Gasteiger charge is 2.21. The predicted molar refractivity (Wildman–Crippen MR) is 60.2 cm³/mol. The molecule has 0 saturated heterocycles. The van der Waals surface area contributed by atoms with Crippen molar-refractivity contribution in [1.29, 1.82) is 0 Å². The number of carbonyl (C=O) groups excluding carboxylic acids is 1. The second kappa shape index (κ2) is 5.33. The van der Waals surface area contributed by atoms with Crippen LogP contribution >= 0.6 is 0 Å². The Balaban J connectivity index is 2.31. The molecule has 0 N–H and O–H groups in total. The van der Waals surface area contributed by atoms with Crippen LogP contribution in [0.2, 0.25) is 0 Å². The van der Waals surface area contributed by atoms with Gasteiger partial charge in [0.25, 0.3) is 0 Å². The Hall–Kier alpha value is -0.590. The number of hydrogen-bond donors (Lipinski definition) is 0. The summed E-state index contributed by atoms with van der Waals surface area (Å²) < 4.78 is 0. The van der Waals surface area contributed by atoms with E-state index in [4.69, 9.17) is 0 Å². The van der Waals surface area contributed by atoms with Gasteiger partial charge in [0.1, 0.15) is 5.78 Å². The third kappa shape index (κ3) is 3.28. The number of Topliss-reactive ketones (excluding diaryl/α,β-unsaturated/α-hetero) is 1. The topological polar surface area (TPSA) is 17.1 Å². The molecule has 0 radical (unpaired) electrons. The summed E-state index contributed by atoms with van der Waals surface area (Å²) >= 11 is 0. The molecule has 1 unspecified atom stereocenters. The van der Waals surface area contributed by atoms with Gasteiger partial charge in [0.15, 0.2) is 0 Å². The zero-order valence-electron chi connectivity index (χ0n) is 9.51. The first-order valence-corrected chi connectivity index (χ1v) is 5.79. The smallest absolute Gasteiger partial charge is 0.129 e. The van der Waals surface area contributed by atoms with Gasteiger partial charge in [0.2, 0.25) is 0 Å². The van der Waals surface area contributed by atoms with Gasteiger partial charge >= 0.3 is 0 Å². The van der Waals surface area contributed by atoms with E-state index in [1.165, 1.54) is 31.3 Å². The lowest BCUT2D eigenvalue weighted by Crippen LogP contribution is -2.08. The molecule has 1 rings (SSSR count). The van der Waals surface area contributed by atoms with E-state index >= 15 is 0 Å². The standard InChI is InChI=1S/C13H22O/c1-10(8-9-11(2)14)12(3)13-6-4-5-7-13/h10,13H,3-9H2,1-2H3. The van der Waals surface area contributed by atoms with E-state index in [0.717, 1.165) is 12.3 Å². The summed E-state index contributed by atoms with van der Waals surface area (Å²) in [5, 5.41) is 0. The first-order chi connectivity index (χ1) is 6.61. The molecule has 1 nitrogen and oxygen atoms in total. The van der Waals surface area contributed by atoms with Crippen LogP contribution in [0, 0.1) is 11.8 Å². The van der Waals surface area contributed by atoms with Crippen LogP contribution in [0.15, 0.2) is 12.2 Å². The van der Waals surface area contributed by atoms with Crippen molar-refractivity contribution < 1.29 is 4.79 Å². The molecule has 0 spiro atoms. The Morgan fingerprint density at radius 2 is 2.00 bits per heavy atom. The van der Waals surface area contributed by atoms with Crippen LogP contribution in [0.25, 0.3) is 0 Å². The van der Waals surface area contributed by atoms with Gasteiger partial charge in [-0.3, -0.25) is 0 Å². The SMILES string of the molecule is C=C(C(C)CCC(C)=O)C1CCCC1. The highest BCUT2D eigenvalue weighted by atomic mass is 16.1. The number of hydrogen-bond acceptors (Lipinski definition) is 1. The van der Waals surface area contributed by atoms with Crippen molar-refractivity contribution in [3.8, 4) is 0 Å². The molecule has 1 atom stereocenters. The van der Waals surface area contributed by atoms with E-state index in [9.17, 15) is 4.79 Å². The molecular formula is C13H22O. The molecule has 14 heavy (non-hydrogen) atoms. The molecular weight excluding hydrogens is 172 g/mol. The van der Waals surface area contributed by atoms with Crippen LogP contribution < -0.4 is 0 Å². The maximum Gasteiger partial charge on any atom is 0.129 e. The highest BCUT2D eigenvalue weighted by molar-refractivity contribution is 5.75. The minimum Gasteiger partial charge on any atom is -0.300 e. The molecule has 1 fully saturated rings. The van der Waals surface area contributed by atoms with Crippen molar-refractivity contribution in [2.45, 2.75) is 52.4 Å². The Morgan fingerprint density at radius 3 is 2.50 bits per heavy atom. The molecule has 80 valence electrons. The van der Waals surface area contributed by atoms with Gasteiger partial charge in [-0.2, -0.15) is 0 Å². The normalized spacial score (nSPS) is 19.6. The van der Waals surface area contributed by atoms with E-state index in [1.54, 1.807) is 6.92 Å². The lowest BCUT2D eigenvalue weighted by Gasteiger charge is -2.19. The Kier molecular flexibility index (Phi) is 4.37.